The summed E-state index contributed by atoms with van der Waals surface area (Å²) in [5, 5.41) is 13.7. The molecule has 0 aliphatic heterocycles. The van der Waals surface area contributed by atoms with Crippen LogP contribution in [0.3, 0.4) is 0 Å². The average Bonchev–Trinajstić information content (AvgIpc) is 3.04. The number of anilines is 1. The van der Waals surface area contributed by atoms with Gasteiger partial charge >= 0.3 is 5.69 Å². The second kappa shape index (κ2) is 8.93. The number of nitrogens with zero attached hydrogens (tertiary/aromatic N) is 4. The standard InChI is InChI=1S/C19H26N6O4/c1-23(2)10-9-20-18-21-16-15(17(27)22-19(28)24(16)3)25(18)11-13(26)12-29-14-7-5-4-6-8-14/h4-8,13,26H,9-12H2,1-3H3,(H,20,21)(H,22,27,28)/t13-/m1/s1. The molecular weight excluding hydrogens is 376 g/mol. The van der Waals surface area contributed by atoms with Crippen LogP contribution in [0.25, 0.3) is 11.2 Å². The van der Waals surface area contributed by atoms with Gasteiger partial charge in [0, 0.05) is 20.1 Å². The molecular formula is C19H26N6O4. The van der Waals surface area contributed by atoms with Crippen LogP contribution in [0.4, 0.5) is 5.95 Å². The monoisotopic (exact) mass is 402 g/mol. The number of likely N-dealkylation sites (N-methyl/N-ethyl adjacent to an activating group) is 1. The van der Waals surface area contributed by atoms with Crippen LogP contribution in [0.2, 0.25) is 0 Å². The Labute approximate surface area is 167 Å². The maximum Gasteiger partial charge on any atom is 0.329 e. The Bertz CT molecular complexity index is 1070. The van der Waals surface area contributed by atoms with Gasteiger partial charge in [-0.3, -0.25) is 14.3 Å². The zero-order chi connectivity index (χ0) is 21.0. The summed E-state index contributed by atoms with van der Waals surface area (Å²) >= 11 is 0. The lowest BCUT2D eigenvalue weighted by molar-refractivity contribution is 0.0938. The maximum absolute atomic E-state index is 12.5. The van der Waals surface area contributed by atoms with E-state index in [1.165, 1.54) is 11.6 Å². The number of ether oxygens (including phenoxy) is 1. The van der Waals surface area contributed by atoms with Crippen molar-refractivity contribution in [3.8, 4) is 5.75 Å². The minimum absolute atomic E-state index is 0.0461. The van der Waals surface area contributed by atoms with Gasteiger partial charge in [0.2, 0.25) is 5.95 Å². The molecule has 0 unspecified atom stereocenters. The number of aliphatic hydroxyl groups excluding tert-OH is 1. The molecule has 0 aliphatic rings. The van der Waals surface area contributed by atoms with Crippen molar-refractivity contribution in [2.24, 2.45) is 7.05 Å². The molecule has 2 heterocycles. The number of H-pyrrole nitrogens is 1. The zero-order valence-corrected chi connectivity index (χ0v) is 16.8. The third-order valence-electron chi connectivity index (χ3n) is 4.43. The van der Waals surface area contributed by atoms with Gasteiger partial charge in [-0.2, -0.15) is 4.98 Å². The Hall–Kier alpha value is -3.11. The number of para-hydroxylation sites is 1. The molecule has 3 N–H and O–H groups in total. The van der Waals surface area contributed by atoms with Crippen molar-refractivity contribution in [2.75, 3.05) is 39.1 Å². The normalized spacial score (nSPS) is 12.4. The van der Waals surface area contributed by atoms with Crippen molar-refractivity contribution in [3.05, 3.63) is 51.2 Å². The average molecular weight is 402 g/mol. The predicted octanol–water partition coefficient (Wildman–Crippen LogP) is -0.163. The number of benzene rings is 1. The summed E-state index contributed by atoms with van der Waals surface area (Å²) in [4.78, 5) is 33.1. The molecule has 1 aromatic carbocycles. The van der Waals surface area contributed by atoms with E-state index >= 15 is 0 Å². The maximum atomic E-state index is 12.5. The van der Waals surface area contributed by atoms with Gasteiger partial charge < -0.3 is 24.6 Å². The van der Waals surface area contributed by atoms with E-state index in [0.29, 0.717) is 18.2 Å². The number of imidazole rings is 1. The molecule has 2 aromatic heterocycles. The first kappa shape index (κ1) is 20.6. The van der Waals surface area contributed by atoms with E-state index in [1.54, 1.807) is 16.7 Å². The van der Waals surface area contributed by atoms with Crippen LogP contribution in [0.15, 0.2) is 39.9 Å². The number of rotatable bonds is 9. The molecule has 10 heteroatoms. The highest BCUT2D eigenvalue weighted by Gasteiger charge is 2.19. The fourth-order valence-electron chi connectivity index (χ4n) is 2.91. The van der Waals surface area contributed by atoms with Crippen molar-refractivity contribution < 1.29 is 9.84 Å². The Morgan fingerprint density at radius 3 is 2.69 bits per heavy atom. The van der Waals surface area contributed by atoms with Crippen LogP contribution < -0.4 is 21.3 Å². The van der Waals surface area contributed by atoms with Crippen LogP contribution in [-0.2, 0) is 13.6 Å². The molecule has 0 fully saturated rings. The van der Waals surface area contributed by atoms with Crippen molar-refractivity contribution in [1.82, 2.24) is 24.0 Å². The highest BCUT2D eigenvalue weighted by Crippen LogP contribution is 2.16. The number of aromatic amines is 1. The van der Waals surface area contributed by atoms with Crippen LogP contribution in [0, 0.1) is 0 Å². The number of hydrogen-bond acceptors (Lipinski definition) is 7. The van der Waals surface area contributed by atoms with Crippen molar-refractivity contribution in [1.29, 1.82) is 0 Å². The van der Waals surface area contributed by atoms with E-state index in [9.17, 15) is 14.7 Å². The second-order valence-corrected chi connectivity index (χ2v) is 7.04. The minimum Gasteiger partial charge on any atom is -0.491 e. The fraction of sp³-hybridized carbons (Fsp3) is 0.421. The van der Waals surface area contributed by atoms with Crippen LogP contribution in [0.5, 0.6) is 5.75 Å². The summed E-state index contributed by atoms with van der Waals surface area (Å²) in [5.74, 6) is 1.05. The highest BCUT2D eigenvalue weighted by molar-refractivity contribution is 5.74. The zero-order valence-electron chi connectivity index (χ0n) is 16.8. The van der Waals surface area contributed by atoms with Crippen LogP contribution in [-0.4, -0.2) is 69.0 Å². The Morgan fingerprint density at radius 1 is 1.28 bits per heavy atom. The van der Waals surface area contributed by atoms with Crippen LogP contribution >= 0.6 is 0 Å². The second-order valence-electron chi connectivity index (χ2n) is 7.04. The molecule has 0 amide bonds. The molecule has 1 atom stereocenters. The van der Waals surface area contributed by atoms with E-state index in [4.69, 9.17) is 4.74 Å². The molecule has 3 aromatic rings. The Balaban J connectivity index is 1.87. The lowest BCUT2D eigenvalue weighted by Gasteiger charge is -2.16. The summed E-state index contributed by atoms with van der Waals surface area (Å²) in [5.41, 5.74) is -0.618. The number of aryl methyl sites for hydroxylation is 1. The number of aromatic nitrogens is 4. The topological polar surface area (TPSA) is 117 Å². The van der Waals surface area contributed by atoms with E-state index in [-0.39, 0.29) is 24.3 Å². The smallest absolute Gasteiger partial charge is 0.329 e. The van der Waals surface area contributed by atoms with E-state index in [2.05, 4.69) is 15.3 Å². The lowest BCUT2D eigenvalue weighted by Crippen LogP contribution is -2.31. The third kappa shape index (κ3) is 4.84. The van der Waals surface area contributed by atoms with Gasteiger partial charge in [0.25, 0.3) is 5.56 Å². The Morgan fingerprint density at radius 2 is 2.00 bits per heavy atom. The van der Waals surface area contributed by atoms with Gasteiger partial charge in [-0.05, 0) is 26.2 Å². The first-order valence-corrected chi connectivity index (χ1v) is 9.31. The first-order chi connectivity index (χ1) is 13.9. The van der Waals surface area contributed by atoms with Gasteiger partial charge in [-0.15, -0.1) is 0 Å². The molecule has 29 heavy (non-hydrogen) atoms. The minimum atomic E-state index is -0.890. The molecule has 3 rings (SSSR count). The molecule has 10 nitrogen and oxygen atoms in total. The van der Waals surface area contributed by atoms with Crippen molar-refractivity contribution in [2.45, 2.75) is 12.6 Å². The molecule has 0 spiro atoms. The summed E-state index contributed by atoms with van der Waals surface area (Å²) in [6, 6.07) is 9.17. The van der Waals surface area contributed by atoms with Crippen LogP contribution in [0.1, 0.15) is 0 Å². The summed E-state index contributed by atoms with van der Waals surface area (Å²) in [7, 11) is 5.43. The molecule has 0 saturated carbocycles. The lowest BCUT2D eigenvalue weighted by atomic mass is 10.3. The fourth-order valence-corrected chi connectivity index (χ4v) is 2.91. The number of aliphatic hydroxyl groups is 1. The SMILES string of the molecule is CN(C)CCNc1nc2c(c(=O)[nH]c(=O)n2C)n1C[C@@H](O)COc1ccccc1. The molecule has 156 valence electrons. The molecule has 0 radical (unpaired) electrons. The van der Waals surface area contributed by atoms with Gasteiger partial charge in [0.05, 0.1) is 6.54 Å². The quantitative estimate of drug-likeness (QED) is 0.455. The van der Waals surface area contributed by atoms with E-state index < -0.39 is 17.4 Å². The number of fused-ring (bicyclic) bond motifs is 1. The van der Waals surface area contributed by atoms with Gasteiger partial charge in [-0.1, -0.05) is 18.2 Å². The molecule has 0 saturated heterocycles. The van der Waals surface area contributed by atoms with Gasteiger partial charge in [0.1, 0.15) is 18.5 Å². The largest absolute Gasteiger partial charge is 0.491 e. The summed E-state index contributed by atoms with van der Waals surface area (Å²) in [6.45, 7) is 1.45. The van der Waals surface area contributed by atoms with Gasteiger partial charge in [-0.25, -0.2) is 4.79 Å². The van der Waals surface area contributed by atoms with Crippen molar-refractivity contribution in [3.63, 3.8) is 0 Å². The molecule has 0 bridgehead atoms. The summed E-state index contributed by atoms with van der Waals surface area (Å²) < 4.78 is 8.46. The number of nitrogens with one attached hydrogen (secondary N) is 2. The molecule has 0 aliphatic carbocycles. The summed E-state index contributed by atoms with van der Waals surface area (Å²) in [6.07, 6.45) is -0.890. The van der Waals surface area contributed by atoms with Gasteiger partial charge in [0.15, 0.2) is 11.2 Å². The predicted molar refractivity (Wildman–Crippen MR) is 111 cm³/mol. The van der Waals surface area contributed by atoms with E-state index in [0.717, 1.165) is 6.54 Å². The van der Waals surface area contributed by atoms with E-state index in [1.807, 2.05) is 37.2 Å². The number of hydrogen-bond donors (Lipinski definition) is 3. The van der Waals surface area contributed by atoms with Crippen molar-refractivity contribution >= 4 is 17.1 Å². The first-order valence-electron chi connectivity index (χ1n) is 9.31. The highest BCUT2D eigenvalue weighted by atomic mass is 16.5. The Kier molecular flexibility index (Phi) is 6.35. The third-order valence-corrected chi connectivity index (χ3v) is 4.43.